The van der Waals surface area contributed by atoms with Crippen molar-refractivity contribution in [2.75, 3.05) is 0 Å². The van der Waals surface area contributed by atoms with Crippen molar-refractivity contribution in [1.29, 1.82) is 0 Å². The molecular formula is C26H24Cl2N2O2S2. The van der Waals surface area contributed by atoms with Gasteiger partial charge in [-0.15, -0.1) is 11.3 Å². The summed E-state index contributed by atoms with van der Waals surface area (Å²) in [6.07, 6.45) is 0.855. The molecule has 1 atom stereocenters. The van der Waals surface area contributed by atoms with Crippen molar-refractivity contribution in [2.45, 2.75) is 50.8 Å². The Hall–Kier alpha value is -1.83. The van der Waals surface area contributed by atoms with Gasteiger partial charge in [0.2, 0.25) is 0 Å². The molecular weight excluding hydrogens is 507 g/mol. The van der Waals surface area contributed by atoms with Crippen LogP contribution >= 0.6 is 46.3 Å². The van der Waals surface area contributed by atoms with Crippen LogP contribution < -0.4 is 5.56 Å². The predicted molar refractivity (Wildman–Crippen MR) is 143 cm³/mol. The largest absolute Gasteiger partial charge is 0.372 e. The van der Waals surface area contributed by atoms with Gasteiger partial charge in [-0.05, 0) is 53.8 Å². The summed E-state index contributed by atoms with van der Waals surface area (Å²) in [6.45, 7) is 6.88. The maximum absolute atomic E-state index is 14.0. The second-order valence-corrected chi connectivity index (χ2v) is 11.7. The Morgan fingerprint density at radius 3 is 2.76 bits per heavy atom. The Bertz CT molecular complexity index is 1450. The van der Waals surface area contributed by atoms with Crippen molar-refractivity contribution in [3.63, 3.8) is 0 Å². The fraction of sp³-hybridized carbons (Fsp3) is 0.308. The topological polar surface area (TPSA) is 44.1 Å². The Morgan fingerprint density at radius 1 is 1.21 bits per heavy atom. The molecule has 3 heterocycles. The van der Waals surface area contributed by atoms with Gasteiger partial charge in [0.1, 0.15) is 4.83 Å². The normalized spacial score (nSPS) is 15.8. The Kier molecular flexibility index (Phi) is 6.79. The minimum atomic E-state index is -0.0193. The molecule has 1 aliphatic heterocycles. The first-order chi connectivity index (χ1) is 16.3. The number of hydrogen-bond acceptors (Lipinski definition) is 5. The van der Waals surface area contributed by atoms with E-state index < -0.39 is 0 Å². The highest BCUT2D eigenvalue weighted by Crippen LogP contribution is 2.37. The van der Waals surface area contributed by atoms with Gasteiger partial charge in [-0.2, -0.15) is 0 Å². The van der Waals surface area contributed by atoms with E-state index in [1.54, 1.807) is 22.0 Å². The predicted octanol–water partition coefficient (Wildman–Crippen LogP) is 7.45. The number of ether oxygens (including phenoxy) is 1. The van der Waals surface area contributed by atoms with E-state index >= 15 is 0 Å². The minimum Gasteiger partial charge on any atom is -0.372 e. The van der Waals surface area contributed by atoms with Crippen molar-refractivity contribution in [1.82, 2.24) is 9.55 Å². The zero-order chi connectivity index (χ0) is 24.0. The molecule has 0 saturated carbocycles. The van der Waals surface area contributed by atoms with Crippen molar-refractivity contribution >= 4 is 56.5 Å². The highest BCUT2D eigenvalue weighted by molar-refractivity contribution is 7.98. The Morgan fingerprint density at radius 2 is 2.03 bits per heavy atom. The number of hydrogen-bond donors (Lipinski definition) is 0. The lowest BCUT2D eigenvalue weighted by atomic mass is 9.96. The van der Waals surface area contributed by atoms with Crippen LogP contribution in [0.4, 0.5) is 0 Å². The molecule has 176 valence electrons. The van der Waals surface area contributed by atoms with Gasteiger partial charge < -0.3 is 4.74 Å². The van der Waals surface area contributed by atoms with Gasteiger partial charge in [-0.1, -0.05) is 67.0 Å². The van der Waals surface area contributed by atoms with Crippen LogP contribution in [0.25, 0.3) is 15.9 Å². The molecule has 8 heteroatoms. The minimum absolute atomic E-state index is 0.0193. The van der Waals surface area contributed by atoms with Gasteiger partial charge in [0.05, 0.1) is 33.8 Å². The molecule has 0 bridgehead atoms. The molecule has 0 spiro atoms. The quantitative estimate of drug-likeness (QED) is 0.198. The first-order valence-electron chi connectivity index (χ1n) is 11.1. The Labute approximate surface area is 216 Å². The molecule has 0 amide bonds. The highest BCUT2D eigenvalue weighted by atomic mass is 35.5. The third kappa shape index (κ3) is 4.54. The molecule has 0 saturated heterocycles. The molecule has 34 heavy (non-hydrogen) atoms. The summed E-state index contributed by atoms with van der Waals surface area (Å²) in [4.78, 5) is 20.9. The van der Waals surface area contributed by atoms with E-state index in [0.717, 1.165) is 43.9 Å². The summed E-state index contributed by atoms with van der Waals surface area (Å²) in [5.74, 6) is 1.00. The number of thioether (sulfide) groups is 1. The summed E-state index contributed by atoms with van der Waals surface area (Å²) in [6, 6.07) is 13.6. The lowest BCUT2D eigenvalue weighted by molar-refractivity contribution is 0.00200. The van der Waals surface area contributed by atoms with Gasteiger partial charge in [-0.25, -0.2) is 4.98 Å². The first kappa shape index (κ1) is 23.9. The van der Waals surface area contributed by atoms with Crippen LogP contribution in [0, 0.1) is 12.8 Å². The Balaban J connectivity index is 1.64. The number of nitrogens with zero attached hydrogens (tertiary/aromatic N) is 2. The van der Waals surface area contributed by atoms with E-state index in [9.17, 15) is 4.79 Å². The maximum Gasteiger partial charge on any atom is 0.267 e. The number of benzene rings is 2. The molecule has 5 rings (SSSR count). The number of halogens is 2. The number of aryl methyl sites for hydroxylation is 1. The summed E-state index contributed by atoms with van der Waals surface area (Å²) >= 11 is 15.4. The summed E-state index contributed by atoms with van der Waals surface area (Å²) in [5.41, 5.74) is 4.01. The van der Waals surface area contributed by atoms with Gasteiger partial charge in [0.25, 0.3) is 5.56 Å². The van der Waals surface area contributed by atoms with Crippen LogP contribution in [0.15, 0.2) is 52.4 Å². The van der Waals surface area contributed by atoms with E-state index in [-0.39, 0.29) is 11.7 Å². The number of rotatable bonds is 5. The summed E-state index contributed by atoms with van der Waals surface area (Å²) in [5, 5.41) is 2.44. The molecule has 2 aromatic carbocycles. The van der Waals surface area contributed by atoms with E-state index in [1.807, 2.05) is 43.3 Å². The number of thiophene rings is 1. The molecule has 4 aromatic rings. The molecule has 0 fully saturated rings. The van der Waals surface area contributed by atoms with Gasteiger partial charge in [0, 0.05) is 17.1 Å². The van der Waals surface area contributed by atoms with Crippen molar-refractivity contribution in [3.05, 3.63) is 84.4 Å². The van der Waals surface area contributed by atoms with Crippen molar-refractivity contribution < 1.29 is 4.74 Å². The molecule has 0 N–H and O–H groups in total. The second kappa shape index (κ2) is 9.67. The maximum atomic E-state index is 14.0. The smallest absolute Gasteiger partial charge is 0.267 e. The van der Waals surface area contributed by atoms with E-state index in [2.05, 4.69) is 13.8 Å². The monoisotopic (exact) mass is 530 g/mol. The molecule has 1 aliphatic rings. The van der Waals surface area contributed by atoms with Crippen molar-refractivity contribution in [2.24, 2.45) is 5.92 Å². The van der Waals surface area contributed by atoms with Crippen LogP contribution in [0.3, 0.4) is 0 Å². The van der Waals surface area contributed by atoms with Crippen LogP contribution in [-0.2, 0) is 23.5 Å². The number of aromatic nitrogens is 2. The lowest BCUT2D eigenvalue weighted by Gasteiger charge is -2.26. The average molecular weight is 532 g/mol. The van der Waals surface area contributed by atoms with Gasteiger partial charge >= 0.3 is 0 Å². The SMILES string of the molecule is Cc1cccc(-n2c(SCc3ccc(Cl)c(Cl)c3)nc3sc4c(c3c2=O)C[C@H](C(C)C)OC4)c1. The zero-order valence-electron chi connectivity index (χ0n) is 19.1. The molecule has 0 aliphatic carbocycles. The van der Waals surface area contributed by atoms with Crippen LogP contribution in [0.5, 0.6) is 0 Å². The van der Waals surface area contributed by atoms with E-state index in [4.69, 9.17) is 32.9 Å². The van der Waals surface area contributed by atoms with Crippen LogP contribution in [-0.4, -0.2) is 15.7 Å². The fourth-order valence-electron chi connectivity index (χ4n) is 4.20. The fourth-order valence-corrected chi connectivity index (χ4v) is 6.65. The molecule has 2 aromatic heterocycles. The third-order valence-corrected chi connectivity index (χ3v) is 8.91. The second-order valence-electron chi connectivity index (χ2n) is 8.89. The number of fused-ring (bicyclic) bond motifs is 3. The molecule has 4 nitrogen and oxygen atoms in total. The lowest BCUT2D eigenvalue weighted by Crippen LogP contribution is -2.28. The van der Waals surface area contributed by atoms with Crippen LogP contribution in [0.1, 0.15) is 35.4 Å². The van der Waals surface area contributed by atoms with Crippen molar-refractivity contribution in [3.8, 4) is 5.69 Å². The zero-order valence-corrected chi connectivity index (χ0v) is 22.2. The standard InChI is InChI=1S/C26H24Cl2N2O2S2/c1-14(2)21-11-18-22(12-32-21)34-24-23(18)25(31)30(17-6-4-5-15(3)9-17)26(29-24)33-13-16-7-8-19(27)20(28)10-16/h4-10,14,21H,11-13H2,1-3H3/t21-/m1/s1. The summed E-state index contributed by atoms with van der Waals surface area (Å²) in [7, 11) is 0. The van der Waals surface area contributed by atoms with Gasteiger partial charge in [0.15, 0.2) is 5.16 Å². The molecule has 0 unspecified atom stereocenters. The highest BCUT2D eigenvalue weighted by Gasteiger charge is 2.28. The van der Waals surface area contributed by atoms with Crippen LogP contribution in [0.2, 0.25) is 10.0 Å². The van der Waals surface area contributed by atoms with Gasteiger partial charge in [-0.3, -0.25) is 9.36 Å². The van der Waals surface area contributed by atoms with E-state index in [0.29, 0.717) is 33.5 Å². The average Bonchev–Trinajstić information content (AvgIpc) is 3.17. The molecule has 0 radical (unpaired) electrons. The van der Waals surface area contributed by atoms with E-state index in [1.165, 1.54) is 11.8 Å². The summed E-state index contributed by atoms with van der Waals surface area (Å²) < 4.78 is 7.82. The third-order valence-electron chi connectivity index (χ3n) is 6.07. The first-order valence-corrected chi connectivity index (χ1v) is 13.7.